The minimum atomic E-state index is 0.752. The van der Waals surface area contributed by atoms with E-state index in [9.17, 15) is 0 Å². The number of pyridine rings is 1. The van der Waals surface area contributed by atoms with Gasteiger partial charge in [-0.2, -0.15) is 0 Å². The molecule has 0 unspecified atom stereocenters. The number of nitrogen functional groups attached to an aromatic ring is 1. The fourth-order valence-electron chi connectivity index (χ4n) is 2.35. The largest absolute Gasteiger partial charge is 0.398 e. The monoisotopic (exact) mass is 341 g/mol. The summed E-state index contributed by atoms with van der Waals surface area (Å²) < 4.78 is 1.11. The molecule has 0 fully saturated rings. The van der Waals surface area contributed by atoms with Gasteiger partial charge in [0.2, 0.25) is 0 Å². The molecule has 0 saturated heterocycles. The van der Waals surface area contributed by atoms with Crippen LogP contribution in [0.3, 0.4) is 0 Å². The summed E-state index contributed by atoms with van der Waals surface area (Å²) in [5.74, 6) is 0. The Balaban J connectivity index is 1.96. The minimum Gasteiger partial charge on any atom is -0.398 e. The van der Waals surface area contributed by atoms with Crippen molar-refractivity contribution in [3.63, 3.8) is 0 Å². The van der Waals surface area contributed by atoms with Gasteiger partial charge in [-0.25, -0.2) is 0 Å². The zero-order chi connectivity index (χ0) is 14.8. The van der Waals surface area contributed by atoms with E-state index in [2.05, 4.69) is 38.4 Å². The van der Waals surface area contributed by atoms with E-state index in [1.165, 1.54) is 5.56 Å². The molecule has 0 amide bonds. The molecule has 2 aromatic carbocycles. The summed E-state index contributed by atoms with van der Waals surface area (Å²) in [6.45, 7) is 2.74. The number of halogens is 1. The Bertz CT molecular complexity index is 799. The quantitative estimate of drug-likeness (QED) is 0.689. The predicted octanol–water partition coefficient (Wildman–Crippen LogP) is 4.50. The molecule has 21 heavy (non-hydrogen) atoms. The van der Waals surface area contributed by atoms with E-state index < -0.39 is 0 Å². The summed E-state index contributed by atoms with van der Waals surface area (Å²) in [5, 5.41) is 5.58. The third-order valence-electron chi connectivity index (χ3n) is 3.50. The van der Waals surface area contributed by atoms with Gasteiger partial charge in [0, 0.05) is 45.1 Å². The van der Waals surface area contributed by atoms with E-state index in [0.29, 0.717) is 0 Å². The number of nitrogens with two attached hydrogens (primary N) is 1. The molecule has 0 radical (unpaired) electrons. The highest BCUT2D eigenvalue weighted by Crippen LogP contribution is 2.29. The first kappa shape index (κ1) is 13.9. The molecule has 0 atom stereocenters. The Morgan fingerprint density at radius 3 is 2.76 bits per heavy atom. The van der Waals surface area contributed by atoms with Gasteiger partial charge in [-0.1, -0.05) is 34.1 Å². The molecule has 106 valence electrons. The molecule has 3 rings (SSSR count). The van der Waals surface area contributed by atoms with Crippen LogP contribution in [0, 0.1) is 6.92 Å². The SMILES string of the molecule is Cc1cc2c(NCc3ccccc3Br)ccc(N)c2cn1. The molecule has 0 aliphatic heterocycles. The van der Waals surface area contributed by atoms with Crippen molar-refractivity contribution < 1.29 is 0 Å². The van der Waals surface area contributed by atoms with Gasteiger partial charge in [0.25, 0.3) is 0 Å². The fourth-order valence-corrected chi connectivity index (χ4v) is 2.78. The highest BCUT2D eigenvalue weighted by atomic mass is 79.9. The summed E-state index contributed by atoms with van der Waals surface area (Å²) >= 11 is 3.57. The van der Waals surface area contributed by atoms with Gasteiger partial charge in [-0.3, -0.25) is 4.98 Å². The normalized spacial score (nSPS) is 10.8. The van der Waals surface area contributed by atoms with Crippen molar-refractivity contribution in [3.05, 3.63) is 64.4 Å². The van der Waals surface area contributed by atoms with Crippen molar-refractivity contribution in [3.8, 4) is 0 Å². The Hall–Kier alpha value is -2.07. The lowest BCUT2D eigenvalue weighted by atomic mass is 10.1. The van der Waals surface area contributed by atoms with Crippen molar-refractivity contribution in [2.45, 2.75) is 13.5 Å². The van der Waals surface area contributed by atoms with Crippen LogP contribution in [0.1, 0.15) is 11.3 Å². The molecule has 1 aromatic heterocycles. The number of hydrogen-bond acceptors (Lipinski definition) is 3. The lowest BCUT2D eigenvalue weighted by Crippen LogP contribution is -2.02. The number of aromatic nitrogens is 1. The molecular weight excluding hydrogens is 326 g/mol. The van der Waals surface area contributed by atoms with Gasteiger partial charge in [0.1, 0.15) is 0 Å². The maximum atomic E-state index is 6.03. The predicted molar refractivity (Wildman–Crippen MR) is 92.4 cm³/mol. The van der Waals surface area contributed by atoms with Crippen molar-refractivity contribution in [2.24, 2.45) is 0 Å². The van der Waals surface area contributed by atoms with Crippen molar-refractivity contribution in [2.75, 3.05) is 11.1 Å². The standard InChI is InChI=1S/C17H16BrN3/c1-11-8-13-14(10-20-11)16(19)6-7-17(13)21-9-12-4-2-3-5-15(12)18/h2-8,10,21H,9,19H2,1H3. The van der Waals surface area contributed by atoms with Gasteiger partial charge in [0.15, 0.2) is 0 Å². The van der Waals surface area contributed by atoms with Gasteiger partial charge in [-0.05, 0) is 36.8 Å². The van der Waals surface area contributed by atoms with Crippen LogP contribution < -0.4 is 11.1 Å². The molecule has 3 N–H and O–H groups in total. The summed E-state index contributed by atoms with van der Waals surface area (Å²) in [6, 6.07) is 14.2. The number of benzene rings is 2. The second kappa shape index (κ2) is 5.74. The molecule has 3 nitrogen and oxygen atoms in total. The smallest absolute Gasteiger partial charge is 0.0425 e. The zero-order valence-corrected chi connectivity index (χ0v) is 13.3. The highest BCUT2D eigenvalue weighted by molar-refractivity contribution is 9.10. The molecule has 1 heterocycles. The molecule has 0 aliphatic rings. The van der Waals surface area contributed by atoms with Gasteiger partial charge in [0.05, 0.1) is 0 Å². The number of anilines is 2. The maximum Gasteiger partial charge on any atom is 0.0425 e. The first-order valence-electron chi connectivity index (χ1n) is 6.77. The lowest BCUT2D eigenvalue weighted by molar-refractivity contribution is 1.14. The molecular formula is C17H16BrN3. The second-order valence-corrected chi connectivity index (χ2v) is 5.87. The number of nitrogens with one attached hydrogen (secondary N) is 1. The van der Waals surface area contributed by atoms with Crippen molar-refractivity contribution in [1.82, 2.24) is 4.98 Å². The third kappa shape index (κ3) is 2.85. The first-order chi connectivity index (χ1) is 10.1. The number of aryl methyl sites for hydroxylation is 1. The number of nitrogens with zero attached hydrogens (tertiary/aromatic N) is 1. The van der Waals surface area contributed by atoms with E-state index in [0.717, 1.165) is 38.9 Å². The second-order valence-electron chi connectivity index (χ2n) is 5.02. The van der Waals surface area contributed by atoms with Crippen LogP contribution in [0.4, 0.5) is 11.4 Å². The Labute approximate surface area is 132 Å². The fraction of sp³-hybridized carbons (Fsp3) is 0.118. The summed E-state index contributed by atoms with van der Waals surface area (Å²) in [4.78, 5) is 4.33. The molecule has 0 saturated carbocycles. The number of fused-ring (bicyclic) bond motifs is 1. The molecule has 4 heteroatoms. The van der Waals surface area contributed by atoms with E-state index in [4.69, 9.17) is 5.73 Å². The Kier molecular flexibility index (Phi) is 3.80. The van der Waals surface area contributed by atoms with Crippen LogP contribution in [0.2, 0.25) is 0 Å². The summed E-state index contributed by atoms with van der Waals surface area (Å²) in [7, 11) is 0. The molecule has 3 aromatic rings. The molecule has 0 spiro atoms. The van der Waals surface area contributed by atoms with E-state index in [1.54, 1.807) is 0 Å². The number of rotatable bonds is 3. The highest BCUT2D eigenvalue weighted by Gasteiger charge is 2.06. The topological polar surface area (TPSA) is 50.9 Å². The van der Waals surface area contributed by atoms with Crippen LogP contribution in [-0.4, -0.2) is 4.98 Å². The van der Waals surface area contributed by atoms with Crippen LogP contribution in [0.25, 0.3) is 10.8 Å². The van der Waals surface area contributed by atoms with Crippen molar-refractivity contribution in [1.29, 1.82) is 0 Å². The van der Waals surface area contributed by atoms with E-state index >= 15 is 0 Å². The Morgan fingerprint density at radius 1 is 1.14 bits per heavy atom. The lowest BCUT2D eigenvalue weighted by Gasteiger charge is -2.12. The molecule has 0 bridgehead atoms. The average molecular weight is 342 g/mol. The van der Waals surface area contributed by atoms with E-state index in [1.807, 2.05) is 43.5 Å². The third-order valence-corrected chi connectivity index (χ3v) is 4.27. The summed E-state index contributed by atoms with van der Waals surface area (Å²) in [6.07, 6.45) is 1.84. The maximum absolute atomic E-state index is 6.03. The van der Waals surface area contributed by atoms with Gasteiger partial charge < -0.3 is 11.1 Å². The van der Waals surface area contributed by atoms with Crippen LogP contribution in [0.15, 0.2) is 53.1 Å². The van der Waals surface area contributed by atoms with Crippen molar-refractivity contribution >= 4 is 38.1 Å². The zero-order valence-electron chi connectivity index (χ0n) is 11.7. The summed E-state index contributed by atoms with van der Waals surface area (Å²) in [5.41, 5.74) is 10.1. The van der Waals surface area contributed by atoms with Crippen LogP contribution in [0.5, 0.6) is 0 Å². The average Bonchev–Trinajstić information content (AvgIpc) is 2.48. The first-order valence-corrected chi connectivity index (χ1v) is 7.56. The van der Waals surface area contributed by atoms with Gasteiger partial charge >= 0.3 is 0 Å². The van der Waals surface area contributed by atoms with Gasteiger partial charge in [-0.15, -0.1) is 0 Å². The molecule has 0 aliphatic carbocycles. The van der Waals surface area contributed by atoms with Crippen LogP contribution in [-0.2, 0) is 6.54 Å². The van der Waals surface area contributed by atoms with Crippen LogP contribution >= 0.6 is 15.9 Å². The van der Waals surface area contributed by atoms with E-state index in [-0.39, 0.29) is 0 Å². The minimum absolute atomic E-state index is 0.752. The number of hydrogen-bond donors (Lipinski definition) is 2. The Morgan fingerprint density at radius 2 is 1.95 bits per heavy atom.